The summed E-state index contributed by atoms with van der Waals surface area (Å²) in [6, 6.07) is 0. The second-order valence-electron chi connectivity index (χ2n) is 3.27. The maximum Gasteiger partial charge on any atom is 0.330 e. The van der Waals surface area contributed by atoms with Crippen LogP contribution in [-0.4, -0.2) is 23.8 Å². The molecule has 0 aromatic carbocycles. The predicted octanol–water partition coefficient (Wildman–Crippen LogP) is 1.27. The SMILES string of the molecule is CCOC(=O)/C=C/C1CCC[C@H]1O. The molecular weight excluding hydrogens is 168 g/mol. The third-order valence-corrected chi connectivity index (χ3v) is 2.30. The van der Waals surface area contributed by atoms with Gasteiger partial charge in [0.25, 0.3) is 0 Å². The zero-order valence-corrected chi connectivity index (χ0v) is 7.90. The molecule has 1 N–H and O–H groups in total. The van der Waals surface area contributed by atoms with E-state index in [1.54, 1.807) is 13.0 Å². The van der Waals surface area contributed by atoms with Crippen molar-refractivity contribution in [2.45, 2.75) is 32.3 Å². The highest BCUT2D eigenvalue weighted by molar-refractivity contribution is 5.81. The second-order valence-corrected chi connectivity index (χ2v) is 3.27. The summed E-state index contributed by atoms with van der Waals surface area (Å²) in [4.78, 5) is 10.9. The number of rotatable bonds is 3. The van der Waals surface area contributed by atoms with Crippen molar-refractivity contribution < 1.29 is 14.6 Å². The molecule has 1 fully saturated rings. The Labute approximate surface area is 78.4 Å². The van der Waals surface area contributed by atoms with E-state index in [0.29, 0.717) is 6.61 Å². The first-order valence-corrected chi connectivity index (χ1v) is 4.77. The molecule has 2 atom stereocenters. The second kappa shape index (κ2) is 5.02. The molecule has 0 aromatic rings. The summed E-state index contributed by atoms with van der Waals surface area (Å²) in [5.41, 5.74) is 0. The summed E-state index contributed by atoms with van der Waals surface area (Å²) in [5.74, 6) is -0.175. The van der Waals surface area contributed by atoms with Gasteiger partial charge in [-0.05, 0) is 19.8 Å². The van der Waals surface area contributed by atoms with E-state index in [1.165, 1.54) is 6.08 Å². The van der Waals surface area contributed by atoms with Crippen LogP contribution in [-0.2, 0) is 9.53 Å². The Hall–Kier alpha value is -0.830. The highest BCUT2D eigenvalue weighted by Gasteiger charge is 2.22. The van der Waals surface area contributed by atoms with Gasteiger partial charge in [0.15, 0.2) is 0 Å². The van der Waals surface area contributed by atoms with Crippen molar-refractivity contribution in [1.29, 1.82) is 0 Å². The summed E-state index contributed by atoms with van der Waals surface area (Å²) in [6.07, 6.45) is 5.76. The van der Waals surface area contributed by atoms with E-state index in [-0.39, 0.29) is 18.0 Å². The molecule has 0 heterocycles. The zero-order chi connectivity index (χ0) is 9.68. The minimum atomic E-state index is -0.318. The molecule has 1 rings (SSSR count). The van der Waals surface area contributed by atoms with E-state index in [2.05, 4.69) is 0 Å². The zero-order valence-electron chi connectivity index (χ0n) is 7.90. The highest BCUT2D eigenvalue weighted by atomic mass is 16.5. The third kappa shape index (κ3) is 3.19. The van der Waals surface area contributed by atoms with Crippen LogP contribution >= 0.6 is 0 Å². The van der Waals surface area contributed by atoms with Gasteiger partial charge in [0.05, 0.1) is 12.7 Å². The van der Waals surface area contributed by atoms with Crippen molar-refractivity contribution in [3.63, 3.8) is 0 Å². The van der Waals surface area contributed by atoms with E-state index in [1.807, 2.05) is 0 Å². The van der Waals surface area contributed by atoms with Crippen LogP contribution in [0, 0.1) is 5.92 Å². The predicted molar refractivity (Wildman–Crippen MR) is 49.1 cm³/mol. The Kier molecular flexibility index (Phi) is 3.96. The van der Waals surface area contributed by atoms with Crippen LogP contribution < -0.4 is 0 Å². The number of hydrogen-bond acceptors (Lipinski definition) is 3. The van der Waals surface area contributed by atoms with Crippen molar-refractivity contribution in [2.75, 3.05) is 6.61 Å². The first-order chi connectivity index (χ1) is 6.24. The molecule has 1 aliphatic carbocycles. The lowest BCUT2D eigenvalue weighted by Crippen LogP contribution is -2.11. The molecule has 0 spiro atoms. The Bertz CT molecular complexity index is 198. The van der Waals surface area contributed by atoms with Gasteiger partial charge in [0, 0.05) is 12.0 Å². The smallest absolute Gasteiger partial charge is 0.330 e. The minimum absolute atomic E-state index is 0.143. The molecule has 74 valence electrons. The number of aliphatic hydroxyl groups excluding tert-OH is 1. The van der Waals surface area contributed by atoms with Gasteiger partial charge in [0.2, 0.25) is 0 Å². The first kappa shape index (κ1) is 10.3. The lowest BCUT2D eigenvalue weighted by Gasteiger charge is -2.07. The third-order valence-electron chi connectivity index (χ3n) is 2.30. The number of carbonyl (C=O) groups is 1. The molecule has 1 unspecified atom stereocenters. The van der Waals surface area contributed by atoms with Gasteiger partial charge in [-0.3, -0.25) is 0 Å². The fourth-order valence-corrected chi connectivity index (χ4v) is 1.59. The molecule has 0 bridgehead atoms. The number of ether oxygens (including phenoxy) is 1. The Balaban J connectivity index is 2.34. The van der Waals surface area contributed by atoms with E-state index in [0.717, 1.165) is 19.3 Å². The van der Waals surface area contributed by atoms with Gasteiger partial charge in [-0.1, -0.05) is 12.5 Å². The maximum atomic E-state index is 10.9. The van der Waals surface area contributed by atoms with Gasteiger partial charge in [0.1, 0.15) is 0 Å². The molecule has 0 radical (unpaired) electrons. The highest BCUT2D eigenvalue weighted by Crippen LogP contribution is 2.26. The van der Waals surface area contributed by atoms with E-state index < -0.39 is 0 Å². The van der Waals surface area contributed by atoms with Gasteiger partial charge >= 0.3 is 5.97 Å². The lowest BCUT2D eigenvalue weighted by molar-refractivity contribution is -0.137. The Morgan fingerprint density at radius 1 is 1.62 bits per heavy atom. The van der Waals surface area contributed by atoms with E-state index >= 15 is 0 Å². The molecule has 0 aliphatic heterocycles. The van der Waals surface area contributed by atoms with E-state index in [4.69, 9.17) is 4.74 Å². The average Bonchev–Trinajstić information content (AvgIpc) is 2.48. The normalized spacial score (nSPS) is 28.2. The van der Waals surface area contributed by atoms with Gasteiger partial charge in [-0.15, -0.1) is 0 Å². The van der Waals surface area contributed by atoms with Gasteiger partial charge in [-0.25, -0.2) is 4.79 Å². The minimum Gasteiger partial charge on any atom is -0.463 e. The van der Waals surface area contributed by atoms with E-state index in [9.17, 15) is 9.90 Å². The summed E-state index contributed by atoms with van der Waals surface area (Å²) < 4.78 is 4.73. The average molecular weight is 184 g/mol. The molecule has 0 amide bonds. The Morgan fingerprint density at radius 2 is 2.38 bits per heavy atom. The fraction of sp³-hybridized carbons (Fsp3) is 0.700. The molecular formula is C10H16O3. The first-order valence-electron chi connectivity index (χ1n) is 4.77. The summed E-state index contributed by atoms with van der Waals surface area (Å²) >= 11 is 0. The van der Waals surface area contributed by atoms with Crippen molar-refractivity contribution in [3.05, 3.63) is 12.2 Å². The Morgan fingerprint density at radius 3 is 2.92 bits per heavy atom. The lowest BCUT2D eigenvalue weighted by atomic mass is 10.1. The van der Waals surface area contributed by atoms with Crippen LogP contribution in [0.15, 0.2) is 12.2 Å². The standard InChI is InChI=1S/C10H16O3/c1-2-13-10(12)7-6-8-4-3-5-9(8)11/h6-9,11H,2-5H2,1H3/b7-6+/t8?,9-/m1/s1. The fourth-order valence-electron chi connectivity index (χ4n) is 1.59. The molecule has 0 aromatic heterocycles. The summed E-state index contributed by atoms with van der Waals surface area (Å²) in [5, 5.41) is 9.43. The van der Waals surface area contributed by atoms with Crippen LogP contribution in [0.3, 0.4) is 0 Å². The number of carbonyl (C=O) groups excluding carboxylic acids is 1. The van der Waals surface area contributed by atoms with Gasteiger partial charge in [-0.2, -0.15) is 0 Å². The largest absolute Gasteiger partial charge is 0.463 e. The molecule has 1 saturated carbocycles. The molecule has 1 aliphatic rings. The number of esters is 1. The van der Waals surface area contributed by atoms with Crippen molar-refractivity contribution in [2.24, 2.45) is 5.92 Å². The van der Waals surface area contributed by atoms with Crippen LogP contribution in [0.5, 0.6) is 0 Å². The molecule has 3 heteroatoms. The summed E-state index contributed by atoms with van der Waals surface area (Å²) in [6.45, 7) is 2.17. The monoisotopic (exact) mass is 184 g/mol. The quantitative estimate of drug-likeness (QED) is 0.530. The van der Waals surface area contributed by atoms with Crippen LogP contribution in [0.2, 0.25) is 0 Å². The molecule has 3 nitrogen and oxygen atoms in total. The maximum absolute atomic E-state index is 10.9. The number of aliphatic hydroxyl groups is 1. The molecule has 13 heavy (non-hydrogen) atoms. The van der Waals surface area contributed by atoms with Crippen molar-refractivity contribution >= 4 is 5.97 Å². The van der Waals surface area contributed by atoms with Crippen molar-refractivity contribution in [3.8, 4) is 0 Å². The topological polar surface area (TPSA) is 46.5 Å². The molecule has 0 saturated heterocycles. The van der Waals surface area contributed by atoms with Crippen LogP contribution in [0.4, 0.5) is 0 Å². The van der Waals surface area contributed by atoms with Crippen molar-refractivity contribution in [1.82, 2.24) is 0 Å². The summed E-state index contributed by atoms with van der Waals surface area (Å²) in [7, 11) is 0. The van der Waals surface area contributed by atoms with Gasteiger partial charge < -0.3 is 9.84 Å². The van der Waals surface area contributed by atoms with Crippen LogP contribution in [0.1, 0.15) is 26.2 Å². The number of hydrogen-bond donors (Lipinski definition) is 1. The van der Waals surface area contributed by atoms with Crippen LogP contribution in [0.25, 0.3) is 0 Å².